The zero-order chi connectivity index (χ0) is 13.9. The molecule has 0 aliphatic rings. The highest BCUT2D eigenvalue weighted by Gasteiger charge is 2.39. The first kappa shape index (κ1) is 17.6. The summed E-state index contributed by atoms with van der Waals surface area (Å²) in [5, 5.41) is 0. The standard InChI is InChI=1S/C12H26O5Si/c1-5-12(13)14-10-9-11-18(15-6-2,16-7-3)17-8-4/h5-11H2,1-4H3. The number of hydrogen-bond acceptors (Lipinski definition) is 5. The fourth-order valence-corrected chi connectivity index (χ4v) is 4.16. The third-order valence-corrected chi connectivity index (χ3v) is 5.42. The molecule has 0 aliphatic carbocycles. The minimum atomic E-state index is -2.57. The lowest BCUT2D eigenvalue weighted by molar-refractivity contribution is -0.143. The molecular formula is C12H26O5Si. The Morgan fingerprint density at radius 2 is 1.44 bits per heavy atom. The van der Waals surface area contributed by atoms with Gasteiger partial charge < -0.3 is 18.0 Å². The molecule has 6 heteroatoms. The van der Waals surface area contributed by atoms with Gasteiger partial charge in [0, 0.05) is 32.3 Å². The van der Waals surface area contributed by atoms with Crippen LogP contribution in [0.2, 0.25) is 6.04 Å². The van der Waals surface area contributed by atoms with Crippen molar-refractivity contribution in [2.45, 2.75) is 46.6 Å². The van der Waals surface area contributed by atoms with Gasteiger partial charge in [0.15, 0.2) is 0 Å². The smallest absolute Gasteiger partial charge is 0.466 e. The Morgan fingerprint density at radius 1 is 0.944 bits per heavy atom. The van der Waals surface area contributed by atoms with E-state index in [1.165, 1.54) is 0 Å². The number of ether oxygens (including phenoxy) is 1. The van der Waals surface area contributed by atoms with Crippen LogP contribution in [0.15, 0.2) is 0 Å². The molecule has 0 bridgehead atoms. The minimum Gasteiger partial charge on any atom is -0.466 e. The Bertz CT molecular complexity index is 205. The Hall–Kier alpha value is -0.433. The van der Waals surface area contributed by atoms with E-state index in [1.807, 2.05) is 20.8 Å². The number of rotatable bonds is 11. The Kier molecular flexibility index (Phi) is 10.2. The van der Waals surface area contributed by atoms with Crippen molar-refractivity contribution in [3.05, 3.63) is 0 Å². The van der Waals surface area contributed by atoms with Crippen LogP contribution in [0.3, 0.4) is 0 Å². The van der Waals surface area contributed by atoms with E-state index in [1.54, 1.807) is 6.92 Å². The molecule has 5 nitrogen and oxygen atoms in total. The van der Waals surface area contributed by atoms with Gasteiger partial charge in [-0.25, -0.2) is 0 Å². The third kappa shape index (κ3) is 7.10. The largest absolute Gasteiger partial charge is 0.501 e. The van der Waals surface area contributed by atoms with Gasteiger partial charge in [-0.2, -0.15) is 0 Å². The molecule has 0 spiro atoms. The molecule has 0 aromatic rings. The van der Waals surface area contributed by atoms with Gasteiger partial charge in [-0.3, -0.25) is 4.79 Å². The molecule has 0 saturated carbocycles. The summed E-state index contributed by atoms with van der Waals surface area (Å²) in [6.07, 6.45) is 1.11. The maximum atomic E-state index is 11.0. The Labute approximate surface area is 111 Å². The molecule has 0 unspecified atom stereocenters. The molecule has 0 atom stereocenters. The number of esters is 1. The third-order valence-electron chi connectivity index (χ3n) is 2.27. The monoisotopic (exact) mass is 278 g/mol. The van der Waals surface area contributed by atoms with Crippen LogP contribution in [0.4, 0.5) is 0 Å². The van der Waals surface area contributed by atoms with E-state index in [4.69, 9.17) is 18.0 Å². The van der Waals surface area contributed by atoms with Gasteiger partial charge in [-0.05, 0) is 27.2 Å². The average molecular weight is 278 g/mol. The first-order valence-corrected chi connectivity index (χ1v) is 8.64. The van der Waals surface area contributed by atoms with Gasteiger partial charge in [0.25, 0.3) is 0 Å². The topological polar surface area (TPSA) is 54.0 Å². The number of hydrogen-bond donors (Lipinski definition) is 0. The molecule has 0 N–H and O–H groups in total. The van der Waals surface area contributed by atoms with E-state index in [-0.39, 0.29) is 5.97 Å². The summed E-state index contributed by atoms with van der Waals surface area (Å²) in [5.41, 5.74) is 0. The molecule has 0 rings (SSSR count). The minimum absolute atomic E-state index is 0.175. The lowest BCUT2D eigenvalue weighted by Crippen LogP contribution is -2.46. The van der Waals surface area contributed by atoms with Crippen molar-refractivity contribution in [3.8, 4) is 0 Å². The van der Waals surface area contributed by atoms with Crippen molar-refractivity contribution >= 4 is 14.8 Å². The van der Waals surface area contributed by atoms with Crippen LogP contribution in [-0.4, -0.2) is 41.2 Å². The lowest BCUT2D eigenvalue weighted by Gasteiger charge is -2.28. The van der Waals surface area contributed by atoms with Gasteiger partial charge in [-0.15, -0.1) is 0 Å². The highest BCUT2D eigenvalue weighted by molar-refractivity contribution is 6.60. The van der Waals surface area contributed by atoms with E-state index in [2.05, 4.69) is 0 Å². The molecule has 0 amide bonds. The van der Waals surface area contributed by atoms with Crippen LogP contribution in [0.5, 0.6) is 0 Å². The molecule has 0 radical (unpaired) electrons. The molecule has 0 aromatic carbocycles. The second-order valence-electron chi connectivity index (χ2n) is 3.66. The van der Waals surface area contributed by atoms with Crippen molar-refractivity contribution in [1.29, 1.82) is 0 Å². The molecule has 0 heterocycles. The van der Waals surface area contributed by atoms with Gasteiger partial charge in [-0.1, -0.05) is 6.92 Å². The summed E-state index contributed by atoms with van der Waals surface area (Å²) >= 11 is 0. The van der Waals surface area contributed by atoms with Gasteiger partial charge in [0.05, 0.1) is 6.61 Å². The first-order valence-electron chi connectivity index (χ1n) is 6.71. The summed E-state index contributed by atoms with van der Waals surface area (Å²) in [4.78, 5) is 11.0. The van der Waals surface area contributed by atoms with E-state index >= 15 is 0 Å². The van der Waals surface area contributed by atoms with Crippen LogP contribution >= 0.6 is 0 Å². The SMILES string of the molecule is CCO[Si](CCCOC(=O)CC)(OCC)OCC. The molecule has 0 aromatic heterocycles. The van der Waals surface area contributed by atoms with E-state index in [0.717, 1.165) is 0 Å². The maximum absolute atomic E-state index is 11.0. The van der Waals surface area contributed by atoms with Crippen molar-refractivity contribution in [1.82, 2.24) is 0 Å². The van der Waals surface area contributed by atoms with Crippen LogP contribution in [0.25, 0.3) is 0 Å². The predicted octanol–water partition coefficient (Wildman–Crippen LogP) is 2.38. The van der Waals surface area contributed by atoms with Crippen molar-refractivity contribution in [3.63, 3.8) is 0 Å². The fraction of sp³-hybridized carbons (Fsp3) is 0.917. The molecule has 0 saturated heterocycles. The van der Waals surface area contributed by atoms with Crippen molar-refractivity contribution in [2.75, 3.05) is 26.4 Å². The van der Waals surface area contributed by atoms with Crippen molar-refractivity contribution in [2.24, 2.45) is 0 Å². The van der Waals surface area contributed by atoms with E-state index in [9.17, 15) is 4.79 Å². The van der Waals surface area contributed by atoms with Crippen molar-refractivity contribution < 1.29 is 22.8 Å². The fourth-order valence-electron chi connectivity index (χ4n) is 1.58. The molecule has 18 heavy (non-hydrogen) atoms. The van der Waals surface area contributed by atoms with E-state index in [0.29, 0.717) is 45.3 Å². The Balaban J connectivity index is 4.16. The molecule has 0 fully saturated rings. The summed E-state index contributed by atoms with van der Waals surface area (Å²) in [6, 6.07) is 0.680. The Morgan fingerprint density at radius 3 is 1.83 bits per heavy atom. The summed E-state index contributed by atoms with van der Waals surface area (Å²) in [7, 11) is -2.57. The predicted molar refractivity (Wildman–Crippen MR) is 71.3 cm³/mol. The van der Waals surface area contributed by atoms with Crippen LogP contribution in [0.1, 0.15) is 40.5 Å². The van der Waals surface area contributed by atoms with Gasteiger partial charge in [0.1, 0.15) is 0 Å². The summed E-state index contributed by atoms with van der Waals surface area (Å²) < 4.78 is 22.1. The average Bonchev–Trinajstić information content (AvgIpc) is 2.35. The molecule has 0 aliphatic heterocycles. The number of carbonyl (C=O) groups excluding carboxylic acids is 1. The highest BCUT2D eigenvalue weighted by Crippen LogP contribution is 2.18. The van der Waals surface area contributed by atoms with Gasteiger partial charge in [0.2, 0.25) is 0 Å². The van der Waals surface area contributed by atoms with Crippen LogP contribution in [0, 0.1) is 0 Å². The van der Waals surface area contributed by atoms with E-state index < -0.39 is 8.80 Å². The van der Waals surface area contributed by atoms with Crippen LogP contribution < -0.4 is 0 Å². The highest BCUT2D eigenvalue weighted by atomic mass is 28.4. The summed E-state index contributed by atoms with van der Waals surface area (Å²) in [5.74, 6) is -0.175. The van der Waals surface area contributed by atoms with Gasteiger partial charge >= 0.3 is 14.8 Å². The summed E-state index contributed by atoms with van der Waals surface area (Å²) in [6.45, 7) is 9.67. The lowest BCUT2D eigenvalue weighted by atomic mass is 10.5. The zero-order valence-corrected chi connectivity index (χ0v) is 13.0. The number of carbonyl (C=O) groups is 1. The second kappa shape index (κ2) is 10.5. The van der Waals surface area contributed by atoms with Crippen LogP contribution in [-0.2, 0) is 22.8 Å². The molecule has 108 valence electrons. The second-order valence-corrected chi connectivity index (χ2v) is 6.39. The quantitative estimate of drug-likeness (QED) is 0.330. The zero-order valence-electron chi connectivity index (χ0n) is 12.0. The normalized spacial score (nSPS) is 11.6. The molecular weight excluding hydrogens is 252 g/mol. The maximum Gasteiger partial charge on any atom is 0.501 e. The first-order chi connectivity index (χ1) is 8.64.